The van der Waals surface area contributed by atoms with Crippen molar-refractivity contribution >= 4 is 0 Å². The summed E-state index contributed by atoms with van der Waals surface area (Å²) < 4.78 is 5.25. The third kappa shape index (κ3) is 5.86. The predicted octanol–water partition coefficient (Wildman–Crippen LogP) is 2.93. The normalized spacial score (nSPS) is 14.8. The Morgan fingerprint density at radius 3 is 1.82 bits per heavy atom. The highest BCUT2D eigenvalue weighted by Crippen LogP contribution is 2.04. The van der Waals surface area contributed by atoms with Crippen molar-refractivity contribution in [2.24, 2.45) is 0 Å². The highest BCUT2D eigenvalue weighted by Gasteiger charge is 2.00. The van der Waals surface area contributed by atoms with E-state index in [1.165, 1.54) is 0 Å². The Morgan fingerprint density at radius 2 is 1.55 bits per heavy atom. The molecule has 11 heavy (non-hydrogen) atoms. The topological polar surface area (TPSA) is 9.23 Å². The Bertz CT molecular complexity index is 111. The average molecular weight is 154 g/mol. The molecule has 0 aromatic rings. The molecule has 0 aliphatic carbocycles. The van der Waals surface area contributed by atoms with Crippen LogP contribution < -0.4 is 0 Å². The van der Waals surface area contributed by atoms with Crippen molar-refractivity contribution in [2.75, 3.05) is 7.11 Å². The zero-order valence-electron chi connectivity index (χ0n) is 7.71. The number of ether oxygens (including phenoxy) is 1. The lowest BCUT2D eigenvalue weighted by Gasteiger charge is -2.09. The molecule has 0 aromatic heterocycles. The summed E-state index contributed by atoms with van der Waals surface area (Å²) >= 11 is 0. The fraction of sp³-hybridized carbons (Fsp3) is 0.600. The van der Waals surface area contributed by atoms with Gasteiger partial charge in [0.05, 0.1) is 6.10 Å². The Labute approximate surface area is 69.8 Å². The van der Waals surface area contributed by atoms with Crippen LogP contribution in [0.25, 0.3) is 0 Å². The van der Waals surface area contributed by atoms with E-state index >= 15 is 0 Å². The molecule has 0 radical (unpaired) electrons. The highest BCUT2D eigenvalue weighted by atomic mass is 16.5. The summed E-state index contributed by atoms with van der Waals surface area (Å²) in [6, 6.07) is 0. The van der Waals surface area contributed by atoms with Gasteiger partial charge in [-0.15, -0.1) is 0 Å². The molecule has 0 bridgehead atoms. The molecule has 0 saturated heterocycles. The maximum Gasteiger partial charge on any atom is 0.0640 e. The predicted molar refractivity (Wildman–Crippen MR) is 49.7 cm³/mol. The second-order valence-corrected chi connectivity index (χ2v) is 2.47. The fourth-order valence-electron chi connectivity index (χ4n) is 0.864. The molecule has 0 atom stereocenters. The second kappa shape index (κ2) is 7.55. The van der Waals surface area contributed by atoms with Gasteiger partial charge in [-0.25, -0.2) is 0 Å². The lowest BCUT2D eigenvalue weighted by atomic mass is 10.1. The molecule has 64 valence electrons. The Kier molecular flexibility index (Phi) is 7.16. The molecule has 0 rings (SSSR count). The molecule has 0 fully saturated rings. The molecule has 0 spiro atoms. The number of hydrogen-bond acceptors (Lipinski definition) is 1. The van der Waals surface area contributed by atoms with E-state index in [9.17, 15) is 0 Å². The van der Waals surface area contributed by atoms with Gasteiger partial charge in [0.15, 0.2) is 0 Å². The van der Waals surface area contributed by atoms with Crippen LogP contribution in [0.3, 0.4) is 0 Å². The first-order valence-electron chi connectivity index (χ1n) is 4.10. The van der Waals surface area contributed by atoms with Crippen molar-refractivity contribution in [2.45, 2.75) is 32.8 Å². The largest absolute Gasteiger partial charge is 0.381 e. The minimum atomic E-state index is 0.349. The first-order chi connectivity index (χ1) is 5.35. The van der Waals surface area contributed by atoms with Gasteiger partial charge in [0.2, 0.25) is 0 Å². The molecule has 0 unspecified atom stereocenters. The second-order valence-electron chi connectivity index (χ2n) is 2.47. The minimum Gasteiger partial charge on any atom is -0.381 e. The summed E-state index contributed by atoms with van der Waals surface area (Å²) in [4.78, 5) is 0. The first kappa shape index (κ1) is 10.4. The average Bonchev–Trinajstić information content (AvgIpc) is 2.05. The third-order valence-corrected chi connectivity index (χ3v) is 1.60. The van der Waals surface area contributed by atoms with Crippen LogP contribution in [0.15, 0.2) is 24.3 Å². The summed E-state index contributed by atoms with van der Waals surface area (Å²) in [6.07, 6.45) is 10.8. The third-order valence-electron chi connectivity index (χ3n) is 1.60. The first-order valence-corrected chi connectivity index (χ1v) is 4.10. The van der Waals surface area contributed by atoms with Crippen molar-refractivity contribution in [1.82, 2.24) is 0 Å². The minimum absolute atomic E-state index is 0.349. The molecule has 1 heteroatoms. The van der Waals surface area contributed by atoms with E-state index in [0.29, 0.717) is 6.10 Å². The summed E-state index contributed by atoms with van der Waals surface area (Å²) in [5.41, 5.74) is 0. The van der Waals surface area contributed by atoms with Gasteiger partial charge < -0.3 is 4.74 Å². The standard InChI is InChI=1S/C10H18O/c1-4-6-8-10(11-3)9-7-5-2/h4-7,10H,8-9H2,1-3H3. The molecule has 0 aliphatic rings. The van der Waals surface area contributed by atoms with Gasteiger partial charge in [-0.3, -0.25) is 0 Å². The van der Waals surface area contributed by atoms with Crippen molar-refractivity contribution in [3.8, 4) is 0 Å². The van der Waals surface area contributed by atoms with Gasteiger partial charge >= 0.3 is 0 Å². The molecule has 0 aromatic carbocycles. The molecule has 0 aliphatic heterocycles. The summed E-state index contributed by atoms with van der Waals surface area (Å²) in [6.45, 7) is 4.06. The number of rotatable bonds is 5. The molecule has 0 heterocycles. The SMILES string of the molecule is CC=CCC(CC=CC)OC. The van der Waals surface area contributed by atoms with Crippen LogP contribution in [0, 0.1) is 0 Å². The molecular formula is C10H18O. The molecule has 1 nitrogen and oxygen atoms in total. The zero-order valence-corrected chi connectivity index (χ0v) is 7.71. The zero-order chi connectivity index (χ0) is 8.53. The molecular weight excluding hydrogens is 136 g/mol. The highest BCUT2D eigenvalue weighted by molar-refractivity contribution is 4.86. The van der Waals surface area contributed by atoms with Crippen LogP contribution in [0.5, 0.6) is 0 Å². The number of allylic oxidation sites excluding steroid dienone is 2. The maximum absolute atomic E-state index is 5.25. The van der Waals surface area contributed by atoms with Crippen LogP contribution in [0.2, 0.25) is 0 Å². The Balaban J connectivity index is 3.57. The molecule has 0 amide bonds. The lowest BCUT2D eigenvalue weighted by Crippen LogP contribution is -2.07. The Morgan fingerprint density at radius 1 is 1.09 bits per heavy atom. The Hall–Kier alpha value is -0.560. The quantitative estimate of drug-likeness (QED) is 0.553. The molecule has 0 N–H and O–H groups in total. The summed E-state index contributed by atoms with van der Waals surface area (Å²) in [5, 5.41) is 0. The van der Waals surface area contributed by atoms with Gasteiger partial charge in [-0.2, -0.15) is 0 Å². The van der Waals surface area contributed by atoms with E-state index in [0.717, 1.165) is 12.8 Å². The van der Waals surface area contributed by atoms with Gasteiger partial charge in [0, 0.05) is 7.11 Å². The van der Waals surface area contributed by atoms with E-state index in [-0.39, 0.29) is 0 Å². The van der Waals surface area contributed by atoms with Crippen LogP contribution >= 0.6 is 0 Å². The van der Waals surface area contributed by atoms with Gasteiger partial charge in [-0.1, -0.05) is 24.3 Å². The van der Waals surface area contributed by atoms with E-state index < -0.39 is 0 Å². The van der Waals surface area contributed by atoms with Crippen molar-refractivity contribution < 1.29 is 4.74 Å². The van der Waals surface area contributed by atoms with Gasteiger partial charge in [0.25, 0.3) is 0 Å². The monoisotopic (exact) mass is 154 g/mol. The van der Waals surface area contributed by atoms with Crippen LogP contribution in [0.1, 0.15) is 26.7 Å². The maximum atomic E-state index is 5.25. The van der Waals surface area contributed by atoms with Crippen LogP contribution in [-0.2, 0) is 4.74 Å². The molecule has 0 saturated carbocycles. The van der Waals surface area contributed by atoms with E-state index in [1.807, 2.05) is 13.8 Å². The van der Waals surface area contributed by atoms with Crippen molar-refractivity contribution in [3.05, 3.63) is 24.3 Å². The number of methoxy groups -OCH3 is 1. The lowest BCUT2D eigenvalue weighted by molar-refractivity contribution is 0.108. The summed E-state index contributed by atoms with van der Waals surface area (Å²) in [7, 11) is 1.76. The van der Waals surface area contributed by atoms with E-state index in [4.69, 9.17) is 4.74 Å². The van der Waals surface area contributed by atoms with Crippen LogP contribution in [0.4, 0.5) is 0 Å². The van der Waals surface area contributed by atoms with E-state index in [1.54, 1.807) is 7.11 Å². The van der Waals surface area contributed by atoms with Crippen molar-refractivity contribution in [1.29, 1.82) is 0 Å². The van der Waals surface area contributed by atoms with Crippen LogP contribution in [-0.4, -0.2) is 13.2 Å². The smallest absolute Gasteiger partial charge is 0.0640 e. The van der Waals surface area contributed by atoms with Gasteiger partial charge in [-0.05, 0) is 26.7 Å². The van der Waals surface area contributed by atoms with Gasteiger partial charge in [0.1, 0.15) is 0 Å². The van der Waals surface area contributed by atoms with E-state index in [2.05, 4.69) is 24.3 Å². The summed E-state index contributed by atoms with van der Waals surface area (Å²) in [5.74, 6) is 0. The van der Waals surface area contributed by atoms with Crippen molar-refractivity contribution in [3.63, 3.8) is 0 Å². The fourth-order valence-corrected chi connectivity index (χ4v) is 0.864. The number of hydrogen-bond donors (Lipinski definition) is 0.